The Morgan fingerprint density at radius 2 is 2.08 bits per heavy atom. The van der Waals surface area contributed by atoms with Crippen LogP contribution in [0.5, 0.6) is 0 Å². The van der Waals surface area contributed by atoms with Crippen molar-refractivity contribution in [3.63, 3.8) is 0 Å². The first-order valence-corrected chi connectivity index (χ1v) is 4.53. The van der Waals surface area contributed by atoms with Gasteiger partial charge >= 0.3 is 0 Å². The van der Waals surface area contributed by atoms with Crippen molar-refractivity contribution in [3.05, 3.63) is 18.7 Å². The van der Waals surface area contributed by atoms with E-state index in [2.05, 4.69) is 15.1 Å². The monoisotopic (exact) mass is 178 g/mol. The van der Waals surface area contributed by atoms with Crippen LogP contribution in [0.25, 0.3) is 11.0 Å². The average molecular weight is 178 g/mol. The molecule has 0 spiro atoms. The van der Waals surface area contributed by atoms with Crippen LogP contribution in [0.3, 0.4) is 0 Å². The molecule has 4 nitrogen and oxygen atoms in total. The van der Waals surface area contributed by atoms with Gasteiger partial charge < -0.3 is 0 Å². The Kier molecular flexibility index (Phi) is 3.37. The minimum absolute atomic E-state index is 0.858. The van der Waals surface area contributed by atoms with Gasteiger partial charge in [-0.25, -0.2) is 9.97 Å². The predicted octanol–water partition coefficient (Wildman–Crippen LogP) is 1.87. The Morgan fingerprint density at radius 3 is 2.77 bits per heavy atom. The number of hydrogen-bond donors (Lipinski definition) is 0. The van der Waals surface area contributed by atoms with E-state index in [-0.39, 0.29) is 0 Å². The lowest BCUT2D eigenvalue weighted by atomic mass is 10.5. The quantitative estimate of drug-likeness (QED) is 0.669. The Labute approximate surface area is 77.6 Å². The van der Waals surface area contributed by atoms with Crippen molar-refractivity contribution in [3.8, 4) is 0 Å². The maximum Gasteiger partial charge on any atom is 0.116 e. The van der Waals surface area contributed by atoms with Crippen LogP contribution >= 0.6 is 0 Å². The zero-order chi connectivity index (χ0) is 9.68. The van der Waals surface area contributed by atoms with Crippen LogP contribution in [0.4, 0.5) is 0 Å². The minimum Gasteiger partial charge on any atom is -0.262 e. The molecule has 4 heteroatoms. The van der Waals surface area contributed by atoms with E-state index in [1.165, 1.54) is 6.33 Å². The van der Waals surface area contributed by atoms with Crippen LogP contribution < -0.4 is 0 Å². The van der Waals surface area contributed by atoms with E-state index in [4.69, 9.17) is 0 Å². The summed E-state index contributed by atoms with van der Waals surface area (Å²) in [6.45, 7) is 6.90. The van der Waals surface area contributed by atoms with Gasteiger partial charge in [0.15, 0.2) is 0 Å². The summed E-state index contributed by atoms with van der Waals surface area (Å²) >= 11 is 0. The van der Waals surface area contributed by atoms with Gasteiger partial charge in [0.2, 0.25) is 0 Å². The molecule has 0 aromatic carbocycles. The highest BCUT2D eigenvalue weighted by atomic mass is 15.3. The van der Waals surface area contributed by atoms with Crippen LogP contribution in [0.2, 0.25) is 0 Å². The van der Waals surface area contributed by atoms with Gasteiger partial charge in [0.05, 0.1) is 12.4 Å². The molecule has 0 unspecified atom stereocenters. The molecule has 0 saturated heterocycles. The van der Waals surface area contributed by atoms with E-state index in [0.717, 1.165) is 17.6 Å². The zero-order valence-electron chi connectivity index (χ0n) is 8.23. The number of aromatic nitrogens is 4. The van der Waals surface area contributed by atoms with E-state index >= 15 is 0 Å². The molecule has 0 atom stereocenters. The SMILES string of the molecule is CC.CCn1ncc2ncncc21. The second-order valence-corrected chi connectivity index (χ2v) is 2.25. The van der Waals surface area contributed by atoms with Gasteiger partial charge in [0.1, 0.15) is 17.4 Å². The molecule has 70 valence electrons. The molecule has 0 aliphatic heterocycles. The third-order valence-corrected chi connectivity index (χ3v) is 1.62. The van der Waals surface area contributed by atoms with Crippen molar-refractivity contribution < 1.29 is 0 Å². The largest absolute Gasteiger partial charge is 0.262 e. The molecule has 2 aromatic rings. The minimum atomic E-state index is 0.858. The molecular weight excluding hydrogens is 164 g/mol. The molecule has 0 amide bonds. The fourth-order valence-corrected chi connectivity index (χ4v) is 1.07. The van der Waals surface area contributed by atoms with Gasteiger partial charge in [-0.2, -0.15) is 5.10 Å². The van der Waals surface area contributed by atoms with Gasteiger partial charge in [0.25, 0.3) is 0 Å². The highest BCUT2D eigenvalue weighted by molar-refractivity contribution is 5.72. The standard InChI is InChI=1S/C7H8N4.C2H6/c1-2-11-7-4-8-5-9-6(7)3-10-11;1-2/h3-5H,2H2,1H3;1-2H3. The van der Waals surface area contributed by atoms with Gasteiger partial charge in [-0.1, -0.05) is 13.8 Å². The lowest BCUT2D eigenvalue weighted by Crippen LogP contribution is -1.95. The van der Waals surface area contributed by atoms with Crippen LogP contribution in [0.1, 0.15) is 20.8 Å². The van der Waals surface area contributed by atoms with Crippen LogP contribution in [0.15, 0.2) is 18.7 Å². The molecule has 0 aliphatic carbocycles. The van der Waals surface area contributed by atoms with Crippen molar-refractivity contribution in [2.45, 2.75) is 27.3 Å². The predicted molar refractivity (Wildman–Crippen MR) is 52.3 cm³/mol. The molecule has 0 radical (unpaired) electrons. The fraction of sp³-hybridized carbons (Fsp3) is 0.444. The Morgan fingerprint density at radius 1 is 1.31 bits per heavy atom. The second-order valence-electron chi connectivity index (χ2n) is 2.25. The first kappa shape index (κ1) is 9.64. The van der Waals surface area contributed by atoms with Crippen molar-refractivity contribution in [1.82, 2.24) is 19.7 Å². The molecule has 0 fully saturated rings. The van der Waals surface area contributed by atoms with E-state index < -0.39 is 0 Å². The van der Waals surface area contributed by atoms with E-state index in [0.29, 0.717) is 0 Å². The van der Waals surface area contributed by atoms with Crippen molar-refractivity contribution in [2.24, 2.45) is 0 Å². The molecular formula is C9H14N4. The first-order valence-electron chi connectivity index (χ1n) is 4.53. The summed E-state index contributed by atoms with van der Waals surface area (Å²) < 4.78 is 1.87. The number of rotatable bonds is 1. The second kappa shape index (κ2) is 4.54. The number of fused-ring (bicyclic) bond motifs is 1. The summed E-state index contributed by atoms with van der Waals surface area (Å²) in [5.74, 6) is 0. The van der Waals surface area contributed by atoms with Crippen LogP contribution in [-0.4, -0.2) is 19.7 Å². The Hall–Kier alpha value is -1.45. The van der Waals surface area contributed by atoms with Crippen molar-refractivity contribution in [1.29, 1.82) is 0 Å². The van der Waals surface area contributed by atoms with E-state index in [1.54, 1.807) is 12.4 Å². The molecule has 2 heterocycles. The normalized spacial score (nSPS) is 9.46. The van der Waals surface area contributed by atoms with Crippen molar-refractivity contribution >= 4 is 11.0 Å². The maximum absolute atomic E-state index is 4.13. The Balaban J connectivity index is 0.000000396. The highest BCUT2D eigenvalue weighted by Crippen LogP contribution is 2.06. The first-order chi connectivity index (χ1) is 6.42. The van der Waals surface area contributed by atoms with E-state index in [9.17, 15) is 0 Å². The Bertz CT molecular complexity index is 366. The molecule has 0 bridgehead atoms. The fourth-order valence-electron chi connectivity index (χ4n) is 1.07. The summed E-state index contributed by atoms with van der Waals surface area (Å²) in [5, 5.41) is 4.13. The van der Waals surface area contributed by atoms with Gasteiger partial charge in [-0.15, -0.1) is 0 Å². The zero-order valence-corrected chi connectivity index (χ0v) is 8.23. The van der Waals surface area contributed by atoms with Gasteiger partial charge in [-0.05, 0) is 6.92 Å². The smallest absolute Gasteiger partial charge is 0.116 e. The lowest BCUT2D eigenvalue weighted by molar-refractivity contribution is 0.683. The number of aryl methyl sites for hydroxylation is 1. The molecule has 2 aromatic heterocycles. The molecule has 0 aliphatic rings. The third kappa shape index (κ3) is 1.83. The molecule has 13 heavy (non-hydrogen) atoms. The third-order valence-electron chi connectivity index (χ3n) is 1.62. The van der Waals surface area contributed by atoms with Gasteiger partial charge in [0, 0.05) is 6.54 Å². The van der Waals surface area contributed by atoms with Crippen LogP contribution in [0, 0.1) is 0 Å². The summed E-state index contributed by atoms with van der Waals surface area (Å²) in [5.41, 5.74) is 1.90. The van der Waals surface area contributed by atoms with Gasteiger partial charge in [-0.3, -0.25) is 4.68 Å². The number of nitrogens with zero attached hydrogens (tertiary/aromatic N) is 4. The molecule has 0 saturated carbocycles. The summed E-state index contributed by atoms with van der Waals surface area (Å²) in [4.78, 5) is 7.98. The average Bonchev–Trinajstić information content (AvgIpc) is 2.64. The number of hydrogen-bond acceptors (Lipinski definition) is 3. The summed E-state index contributed by atoms with van der Waals surface area (Å²) in [7, 11) is 0. The highest BCUT2D eigenvalue weighted by Gasteiger charge is 1.99. The lowest BCUT2D eigenvalue weighted by Gasteiger charge is -1.94. The van der Waals surface area contributed by atoms with E-state index in [1.807, 2.05) is 25.5 Å². The van der Waals surface area contributed by atoms with Crippen molar-refractivity contribution in [2.75, 3.05) is 0 Å². The molecule has 2 rings (SSSR count). The summed E-state index contributed by atoms with van der Waals surface area (Å²) in [6.07, 6.45) is 5.06. The molecule has 0 N–H and O–H groups in total. The van der Waals surface area contributed by atoms with Crippen LogP contribution in [-0.2, 0) is 6.54 Å². The topological polar surface area (TPSA) is 43.6 Å². The summed E-state index contributed by atoms with van der Waals surface area (Å²) in [6, 6.07) is 0. The maximum atomic E-state index is 4.13.